The fraction of sp³-hybridized carbons (Fsp3) is 0.125. The van der Waals surface area contributed by atoms with Gasteiger partial charge in [0.1, 0.15) is 11.5 Å². The zero-order valence-electron chi connectivity index (χ0n) is 12.6. The summed E-state index contributed by atoms with van der Waals surface area (Å²) in [7, 11) is 0. The molecule has 0 aliphatic carbocycles. The largest absolute Gasteiger partial charge is 0.461 e. The highest BCUT2D eigenvalue weighted by Gasteiger charge is 2.20. The second-order valence-electron chi connectivity index (χ2n) is 4.76. The van der Waals surface area contributed by atoms with Gasteiger partial charge in [0.2, 0.25) is 0 Å². The zero-order valence-corrected chi connectivity index (χ0v) is 13.4. The van der Waals surface area contributed by atoms with Crippen molar-refractivity contribution in [3.05, 3.63) is 59.1 Å². The van der Waals surface area contributed by atoms with Gasteiger partial charge in [-0.05, 0) is 37.3 Å². The van der Waals surface area contributed by atoms with Gasteiger partial charge in [0.25, 0.3) is 0 Å². The van der Waals surface area contributed by atoms with Crippen LogP contribution >= 0.6 is 11.6 Å². The highest BCUT2D eigenvalue weighted by atomic mass is 35.5. The van der Waals surface area contributed by atoms with Gasteiger partial charge in [-0.2, -0.15) is 0 Å². The van der Waals surface area contributed by atoms with E-state index in [4.69, 9.17) is 16.3 Å². The fourth-order valence-electron chi connectivity index (χ4n) is 2.08. The quantitative estimate of drug-likeness (QED) is 0.507. The summed E-state index contributed by atoms with van der Waals surface area (Å²) in [6.45, 7) is 1.87. The average molecular weight is 347 g/mol. The van der Waals surface area contributed by atoms with E-state index in [0.717, 1.165) is 0 Å². The van der Waals surface area contributed by atoms with Gasteiger partial charge in [-0.15, -0.1) is 10.2 Å². The minimum absolute atomic E-state index is 0.0340. The fourth-order valence-corrected chi connectivity index (χ4v) is 2.27. The molecule has 2 aromatic heterocycles. The van der Waals surface area contributed by atoms with Crippen LogP contribution in [0.1, 0.15) is 17.4 Å². The lowest BCUT2D eigenvalue weighted by molar-refractivity contribution is 0.0521. The molecule has 0 unspecified atom stereocenters. The van der Waals surface area contributed by atoms with Gasteiger partial charge in [-0.1, -0.05) is 17.7 Å². The summed E-state index contributed by atoms with van der Waals surface area (Å²) in [6, 6.07) is 9.42. The van der Waals surface area contributed by atoms with E-state index >= 15 is 0 Å². The van der Waals surface area contributed by atoms with Crippen LogP contribution in [0.2, 0.25) is 5.02 Å². The van der Waals surface area contributed by atoms with Crippen molar-refractivity contribution in [3.8, 4) is 0 Å². The molecule has 3 aromatic rings. The van der Waals surface area contributed by atoms with E-state index in [1.807, 2.05) is 0 Å². The van der Waals surface area contributed by atoms with Crippen molar-refractivity contribution in [1.29, 1.82) is 0 Å². The van der Waals surface area contributed by atoms with Crippen LogP contribution in [0.5, 0.6) is 0 Å². The number of azo groups is 1. The summed E-state index contributed by atoms with van der Waals surface area (Å²) in [4.78, 5) is 16.2. The Labute approximate surface area is 141 Å². The zero-order chi connectivity index (χ0) is 17.1. The Hall–Kier alpha value is -2.80. The molecule has 0 aliphatic rings. The van der Waals surface area contributed by atoms with Crippen molar-refractivity contribution in [3.63, 3.8) is 0 Å². The van der Waals surface area contributed by atoms with Crippen LogP contribution < -0.4 is 0 Å². The number of halogens is 2. The van der Waals surface area contributed by atoms with E-state index in [0.29, 0.717) is 16.4 Å². The number of nitrogens with zero attached hydrogens (tertiary/aromatic N) is 4. The molecule has 2 heterocycles. The van der Waals surface area contributed by atoms with Crippen LogP contribution in [0, 0.1) is 5.82 Å². The predicted molar refractivity (Wildman–Crippen MR) is 86.7 cm³/mol. The first-order valence-corrected chi connectivity index (χ1v) is 7.48. The third-order valence-corrected chi connectivity index (χ3v) is 3.33. The summed E-state index contributed by atoms with van der Waals surface area (Å²) < 4.78 is 19.8. The van der Waals surface area contributed by atoms with E-state index < -0.39 is 11.8 Å². The van der Waals surface area contributed by atoms with E-state index in [1.54, 1.807) is 31.2 Å². The first-order chi connectivity index (χ1) is 11.6. The average Bonchev–Trinajstić information content (AvgIpc) is 2.91. The predicted octanol–water partition coefficient (Wildman–Crippen LogP) is 4.72. The molecule has 0 amide bonds. The van der Waals surface area contributed by atoms with E-state index in [9.17, 15) is 9.18 Å². The minimum atomic E-state index is -0.651. The van der Waals surface area contributed by atoms with Crippen LogP contribution in [-0.2, 0) is 4.74 Å². The highest BCUT2D eigenvalue weighted by molar-refractivity contribution is 6.30. The molecule has 0 fully saturated rings. The maximum Gasteiger partial charge on any atom is 0.360 e. The molecule has 8 heteroatoms. The number of esters is 1. The number of fused-ring (bicyclic) bond motifs is 1. The molecule has 0 aliphatic heterocycles. The standard InChI is InChI=1S/C16H12ClFN4O2/c1-2-24-16(23)14-15(21-20-12-5-3-4-10(17)8-12)22-9-11(18)6-7-13(22)19-14/h3-9H,2H2,1H3. The summed E-state index contributed by atoms with van der Waals surface area (Å²) in [5, 5.41) is 8.59. The second kappa shape index (κ2) is 6.76. The van der Waals surface area contributed by atoms with Gasteiger partial charge in [-0.25, -0.2) is 14.2 Å². The summed E-state index contributed by atoms with van der Waals surface area (Å²) in [6.07, 6.45) is 1.18. The molecule has 1 aromatic carbocycles. The summed E-state index contributed by atoms with van der Waals surface area (Å²) in [5.74, 6) is -1.06. The molecule has 0 spiro atoms. The normalized spacial score (nSPS) is 11.3. The third kappa shape index (κ3) is 3.26. The van der Waals surface area contributed by atoms with E-state index in [-0.39, 0.29) is 18.1 Å². The molecule has 0 saturated heterocycles. The van der Waals surface area contributed by atoms with Crippen molar-refractivity contribution in [2.24, 2.45) is 10.2 Å². The van der Waals surface area contributed by atoms with Gasteiger partial charge in [0.15, 0.2) is 11.5 Å². The molecular weight excluding hydrogens is 335 g/mol. The second-order valence-corrected chi connectivity index (χ2v) is 5.20. The lowest BCUT2D eigenvalue weighted by Gasteiger charge is -2.00. The Bertz CT molecular complexity index is 939. The van der Waals surface area contributed by atoms with Crippen LogP contribution in [0.15, 0.2) is 52.8 Å². The van der Waals surface area contributed by atoms with Crippen LogP contribution in [0.25, 0.3) is 5.65 Å². The number of benzene rings is 1. The lowest BCUT2D eigenvalue weighted by Crippen LogP contribution is -2.05. The van der Waals surface area contributed by atoms with Crippen molar-refractivity contribution in [2.45, 2.75) is 6.92 Å². The van der Waals surface area contributed by atoms with Gasteiger partial charge in [0, 0.05) is 11.2 Å². The van der Waals surface area contributed by atoms with Gasteiger partial charge >= 0.3 is 5.97 Å². The number of carbonyl (C=O) groups is 1. The number of hydrogen-bond acceptors (Lipinski definition) is 5. The molecule has 0 atom stereocenters. The van der Waals surface area contributed by atoms with Crippen LogP contribution in [0.3, 0.4) is 0 Å². The van der Waals surface area contributed by atoms with Crippen molar-refractivity contribution >= 4 is 34.7 Å². The van der Waals surface area contributed by atoms with E-state index in [1.165, 1.54) is 22.7 Å². The molecule has 122 valence electrons. The Balaban J connectivity index is 2.11. The van der Waals surface area contributed by atoms with Crippen molar-refractivity contribution in [1.82, 2.24) is 9.38 Å². The van der Waals surface area contributed by atoms with Gasteiger partial charge < -0.3 is 4.74 Å². The molecule has 24 heavy (non-hydrogen) atoms. The van der Waals surface area contributed by atoms with Crippen LogP contribution in [-0.4, -0.2) is 22.0 Å². The molecular formula is C16H12ClFN4O2. The smallest absolute Gasteiger partial charge is 0.360 e. The summed E-state index contributed by atoms with van der Waals surface area (Å²) >= 11 is 5.90. The number of hydrogen-bond donors (Lipinski definition) is 0. The molecule has 6 nitrogen and oxygen atoms in total. The van der Waals surface area contributed by atoms with Gasteiger partial charge in [-0.3, -0.25) is 4.40 Å². The Morgan fingerprint density at radius 1 is 1.33 bits per heavy atom. The summed E-state index contributed by atoms with van der Waals surface area (Å²) in [5.41, 5.74) is 0.816. The molecule has 0 radical (unpaired) electrons. The number of pyridine rings is 1. The molecule has 0 bridgehead atoms. The Morgan fingerprint density at radius 3 is 2.92 bits per heavy atom. The van der Waals surface area contributed by atoms with Gasteiger partial charge in [0.05, 0.1) is 12.3 Å². The number of imidazole rings is 1. The number of rotatable bonds is 4. The third-order valence-electron chi connectivity index (χ3n) is 3.09. The first-order valence-electron chi connectivity index (χ1n) is 7.10. The van der Waals surface area contributed by atoms with E-state index in [2.05, 4.69) is 15.2 Å². The van der Waals surface area contributed by atoms with Crippen molar-refractivity contribution in [2.75, 3.05) is 6.61 Å². The van der Waals surface area contributed by atoms with Crippen molar-refractivity contribution < 1.29 is 13.9 Å². The Morgan fingerprint density at radius 2 is 2.17 bits per heavy atom. The monoisotopic (exact) mass is 346 g/mol. The number of aromatic nitrogens is 2. The maximum absolute atomic E-state index is 13.5. The minimum Gasteiger partial charge on any atom is -0.461 e. The number of ether oxygens (including phenoxy) is 1. The maximum atomic E-state index is 13.5. The molecule has 0 N–H and O–H groups in total. The van der Waals surface area contributed by atoms with Crippen LogP contribution in [0.4, 0.5) is 15.9 Å². The Kier molecular flexibility index (Phi) is 4.52. The lowest BCUT2D eigenvalue weighted by atomic mass is 10.3. The first kappa shape index (κ1) is 16.1. The SMILES string of the molecule is CCOC(=O)c1nc2ccc(F)cn2c1N=Nc1cccc(Cl)c1. The highest BCUT2D eigenvalue weighted by Crippen LogP contribution is 2.26. The number of carbonyl (C=O) groups excluding carboxylic acids is 1. The molecule has 3 rings (SSSR count). The topological polar surface area (TPSA) is 68.3 Å². The molecule has 0 saturated carbocycles.